The van der Waals surface area contributed by atoms with Crippen molar-refractivity contribution in [2.75, 3.05) is 17.2 Å². The van der Waals surface area contributed by atoms with Crippen molar-refractivity contribution in [2.24, 2.45) is 5.92 Å². The summed E-state index contributed by atoms with van der Waals surface area (Å²) < 4.78 is 1.09. The molecular weight excluding hydrogens is 292 g/mol. The molecule has 3 rings (SSSR count). The van der Waals surface area contributed by atoms with Gasteiger partial charge in [0.2, 0.25) is 5.91 Å². The molecule has 1 atom stereocenters. The lowest BCUT2D eigenvalue weighted by Crippen LogP contribution is -2.24. The molecule has 6 heteroatoms. The van der Waals surface area contributed by atoms with Crippen molar-refractivity contribution in [3.8, 4) is 0 Å². The van der Waals surface area contributed by atoms with E-state index in [1.807, 2.05) is 24.3 Å². The molecule has 1 aliphatic rings. The molecule has 1 aliphatic heterocycles. The van der Waals surface area contributed by atoms with Crippen molar-refractivity contribution in [3.63, 3.8) is 0 Å². The minimum absolute atomic E-state index is 0.107. The van der Waals surface area contributed by atoms with Crippen molar-refractivity contribution in [1.29, 1.82) is 0 Å². The van der Waals surface area contributed by atoms with Gasteiger partial charge in [-0.25, -0.2) is 4.98 Å². The van der Waals surface area contributed by atoms with E-state index < -0.39 is 0 Å². The highest BCUT2D eigenvalue weighted by Crippen LogP contribution is 2.33. The molecular formula is C14H14N2O2S2. The first kappa shape index (κ1) is 13.6. The van der Waals surface area contributed by atoms with E-state index in [0.29, 0.717) is 18.7 Å². The summed E-state index contributed by atoms with van der Waals surface area (Å²) in [6.07, 6.45) is 0.510. The standard InChI is InChI=1S/C14H14N2O2S2/c1-9(17)19-8-10-6-13(18)16(7-10)14-15-11-4-2-3-5-12(11)20-14/h2-5,10H,6-8H2,1H3. The lowest BCUT2D eigenvalue weighted by Gasteiger charge is -2.12. The van der Waals surface area contributed by atoms with Crippen LogP contribution in [0.3, 0.4) is 0 Å². The predicted molar refractivity (Wildman–Crippen MR) is 83.2 cm³/mol. The lowest BCUT2D eigenvalue weighted by molar-refractivity contribution is -0.117. The van der Waals surface area contributed by atoms with Crippen molar-refractivity contribution in [2.45, 2.75) is 13.3 Å². The van der Waals surface area contributed by atoms with Gasteiger partial charge in [-0.05, 0) is 18.1 Å². The molecule has 2 aromatic rings. The number of benzene rings is 1. The first-order chi connectivity index (χ1) is 9.63. The lowest BCUT2D eigenvalue weighted by atomic mass is 10.1. The number of hydrogen-bond donors (Lipinski definition) is 0. The topological polar surface area (TPSA) is 50.3 Å². The summed E-state index contributed by atoms with van der Waals surface area (Å²) in [4.78, 5) is 29.4. The molecule has 4 nitrogen and oxygen atoms in total. The Morgan fingerprint density at radius 2 is 2.30 bits per heavy atom. The first-order valence-electron chi connectivity index (χ1n) is 6.43. The predicted octanol–water partition coefficient (Wildman–Crippen LogP) is 2.93. The summed E-state index contributed by atoms with van der Waals surface area (Å²) in [6.45, 7) is 2.23. The van der Waals surface area contributed by atoms with E-state index in [-0.39, 0.29) is 16.9 Å². The van der Waals surface area contributed by atoms with Gasteiger partial charge in [-0.1, -0.05) is 35.2 Å². The van der Waals surface area contributed by atoms with E-state index in [4.69, 9.17) is 0 Å². The molecule has 1 fully saturated rings. The number of thiazole rings is 1. The van der Waals surface area contributed by atoms with Crippen LogP contribution in [0.2, 0.25) is 0 Å². The Kier molecular flexibility index (Phi) is 3.76. The van der Waals surface area contributed by atoms with Gasteiger partial charge in [0.1, 0.15) is 0 Å². The van der Waals surface area contributed by atoms with Crippen molar-refractivity contribution in [1.82, 2.24) is 4.98 Å². The van der Waals surface area contributed by atoms with E-state index in [1.165, 1.54) is 11.8 Å². The van der Waals surface area contributed by atoms with Gasteiger partial charge in [0.15, 0.2) is 10.2 Å². The van der Waals surface area contributed by atoms with Crippen LogP contribution in [0.15, 0.2) is 24.3 Å². The average molecular weight is 306 g/mol. The fourth-order valence-electron chi connectivity index (χ4n) is 2.29. The van der Waals surface area contributed by atoms with Crippen LogP contribution in [-0.2, 0) is 9.59 Å². The van der Waals surface area contributed by atoms with Gasteiger partial charge in [-0.15, -0.1) is 0 Å². The molecule has 20 heavy (non-hydrogen) atoms. The molecule has 0 bridgehead atoms. The molecule has 0 saturated carbocycles. The number of carbonyl (C=O) groups is 2. The number of amides is 1. The molecule has 0 N–H and O–H groups in total. The van der Waals surface area contributed by atoms with Crippen LogP contribution >= 0.6 is 23.1 Å². The minimum Gasteiger partial charge on any atom is -0.288 e. The summed E-state index contributed by atoms with van der Waals surface area (Å²) in [5.74, 6) is 1.06. The van der Waals surface area contributed by atoms with Gasteiger partial charge in [0.05, 0.1) is 10.2 Å². The van der Waals surface area contributed by atoms with E-state index in [2.05, 4.69) is 4.98 Å². The third-order valence-electron chi connectivity index (χ3n) is 3.24. The SMILES string of the molecule is CC(=O)SCC1CC(=O)N(c2nc3ccccc3s2)C1. The molecule has 104 valence electrons. The quantitative estimate of drug-likeness (QED) is 0.875. The molecule has 0 spiro atoms. The zero-order chi connectivity index (χ0) is 14.1. The van der Waals surface area contributed by atoms with Crippen LogP contribution in [0, 0.1) is 5.92 Å². The minimum atomic E-state index is 0.107. The third kappa shape index (κ3) is 2.71. The maximum absolute atomic E-state index is 12.1. The van der Waals surface area contributed by atoms with Gasteiger partial charge in [0.25, 0.3) is 0 Å². The van der Waals surface area contributed by atoms with E-state index in [9.17, 15) is 9.59 Å². The largest absolute Gasteiger partial charge is 0.288 e. The second-order valence-electron chi connectivity index (χ2n) is 4.84. The number of nitrogens with zero attached hydrogens (tertiary/aromatic N) is 2. The number of fused-ring (bicyclic) bond motifs is 1. The Hall–Kier alpha value is -1.40. The van der Waals surface area contributed by atoms with Gasteiger partial charge in [-0.3, -0.25) is 14.5 Å². The summed E-state index contributed by atoms with van der Waals surface area (Å²) in [7, 11) is 0. The Bertz CT molecular complexity index is 635. The fourth-order valence-corrected chi connectivity index (χ4v) is 3.97. The van der Waals surface area contributed by atoms with E-state index >= 15 is 0 Å². The molecule has 1 unspecified atom stereocenters. The molecule has 0 aliphatic carbocycles. The number of hydrogen-bond acceptors (Lipinski definition) is 5. The molecule has 1 amide bonds. The summed E-state index contributed by atoms with van der Waals surface area (Å²) in [6, 6.07) is 7.89. The monoisotopic (exact) mass is 306 g/mol. The Balaban J connectivity index is 1.76. The highest BCUT2D eigenvalue weighted by molar-refractivity contribution is 8.13. The van der Waals surface area contributed by atoms with Crippen LogP contribution in [0.5, 0.6) is 0 Å². The van der Waals surface area contributed by atoms with Crippen LogP contribution < -0.4 is 4.90 Å². The maximum atomic E-state index is 12.1. The highest BCUT2D eigenvalue weighted by Gasteiger charge is 2.32. The number of anilines is 1. The van der Waals surface area contributed by atoms with Crippen molar-refractivity contribution in [3.05, 3.63) is 24.3 Å². The molecule has 1 saturated heterocycles. The molecule has 1 aromatic heterocycles. The number of aromatic nitrogens is 1. The summed E-state index contributed by atoms with van der Waals surface area (Å²) in [5, 5.41) is 0.877. The third-order valence-corrected chi connectivity index (χ3v) is 5.34. The number of carbonyl (C=O) groups excluding carboxylic acids is 2. The van der Waals surface area contributed by atoms with Crippen LogP contribution in [-0.4, -0.2) is 28.3 Å². The zero-order valence-corrected chi connectivity index (χ0v) is 12.7. The normalized spacial score (nSPS) is 18.9. The molecule has 1 aromatic carbocycles. The second kappa shape index (κ2) is 5.54. The average Bonchev–Trinajstić information content (AvgIpc) is 2.99. The van der Waals surface area contributed by atoms with Gasteiger partial charge < -0.3 is 0 Å². The smallest absolute Gasteiger partial charge is 0.229 e. The maximum Gasteiger partial charge on any atom is 0.229 e. The van der Waals surface area contributed by atoms with Crippen LogP contribution in [0.25, 0.3) is 10.2 Å². The Morgan fingerprint density at radius 3 is 3.05 bits per heavy atom. The Morgan fingerprint density at radius 1 is 1.50 bits per heavy atom. The first-order valence-corrected chi connectivity index (χ1v) is 8.23. The zero-order valence-electron chi connectivity index (χ0n) is 11.0. The van der Waals surface area contributed by atoms with Crippen molar-refractivity contribution < 1.29 is 9.59 Å². The van der Waals surface area contributed by atoms with Gasteiger partial charge in [-0.2, -0.15) is 0 Å². The number of para-hydroxylation sites is 1. The summed E-state index contributed by atoms with van der Waals surface area (Å²) >= 11 is 2.84. The fraction of sp³-hybridized carbons (Fsp3) is 0.357. The second-order valence-corrected chi connectivity index (χ2v) is 7.05. The number of rotatable bonds is 3. The van der Waals surface area contributed by atoms with E-state index in [1.54, 1.807) is 23.2 Å². The highest BCUT2D eigenvalue weighted by atomic mass is 32.2. The van der Waals surface area contributed by atoms with Gasteiger partial charge >= 0.3 is 0 Å². The summed E-state index contributed by atoms with van der Waals surface area (Å²) in [5.41, 5.74) is 0.932. The molecule has 2 heterocycles. The van der Waals surface area contributed by atoms with Crippen molar-refractivity contribution >= 4 is 49.5 Å². The van der Waals surface area contributed by atoms with Gasteiger partial charge in [0, 0.05) is 25.6 Å². The van der Waals surface area contributed by atoms with Crippen LogP contribution in [0.4, 0.5) is 5.13 Å². The Labute approximate surface area is 125 Å². The van der Waals surface area contributed by atoms with E-state index in [0.717, 1.165) is 15.3 Å². The van der Waals surface area contributed by atoms with Crippen LogP contribution in [0.1, 0.15) is 13.3 Å². The number of thioether (sulfide) groups is 1. The molecule has 0 radical (unpaired) electrons.